The van der Waals surface area contributed by atoms with Crippen molar-refractivity contribution < 1.29 is 4.79 Å². The summed E-state index contributed by atoms with van der Waals surface area (Å²) in [6.07, 6.45) is 6.56. The molecule has 0 unspecified atom stereocenters. The highest BCUT2D eigenvalue weighted by molar-refractivity contribution is 7.17. The van der Waals surface area contributed by atoms with E-state index in [2.05, 4.69) is 34.6 Å². The van der Waals surface area contributed by atoms with Crippen LogP contribution in [0.3, 0.4) is 0 Å². The number of guanidine groups is 1. The summed E-state index contributed by atoms with van der Waals surface area (Å²) < 4.78 is 3.22. The number of hydrogen-bond acceptors (Lipinski definition) is 5. The molecule has 0 bridgehead atoms. The second-order valence-electron chi connectivity index (χ2n) is 6.79. The van der Waals surface area contributed by atoms with E-state index in [1.165, 1.54) is 10.1 Å². The van der Waals surface area contributed by atoms with Gasteiger partial charge < -0.3 is 10.3 Å². The first kappa shape index (κ1) is 16.8. The average Bonchev–Trinajstić information content (AvgIpc) is 3.28. The molecule has 1 aliphatic heterocycles. The van der Waals surface area contributed by atoms with Gasteiger partial charge in [0.1, 0.15) is 0 Å². The van der Waals surface area contributed by atoms with Crippen molar-refractivity contribution in [2.75, 3.05) is 6.54 Å². The molecule has 26 heavy (non-hydrogen) atoms. The molecule has 6 nitrogen and oxygen atoms in total. The Balaban J connectivity index is 1.52. The smallest absolute Gasteiger partial charge is 0.232 e. The number of benzene rings is 1. The number of nitrogens with two attached hydrogens (primary N) is 1. The molecule has 0 radical (unpaired) electrons. The maximum absolute atomic E-state index is 12.7. The van der Waals surface area contributed by atoms with Gasteiger partial charge in [-0.3, -0.25) is 9.69 Å². The number of hydrogen-bond donors (Lipinski definition) is 1. The van der Waals surface area contributed by atoms with Crippen LogP contribution in [-0.2, 0) is 16.9 Å². The molecule has 0 saturated heterocycles. The van der Waals surface area contributed by atoms with Gasteiger partial charge in [-0.1, -0.05) is 6.07 Å². The highest BCUT2D eigenvalue weighted by atomic mass is 32.1. The van der Waals surface area contributed by atoms with Crippen LogP contribution in [0, 0.1) is 0 Å². The molecule has 3 heterocycles. The molecule has 1 aliphatic rings. The minimum absolute atomic E-state index is 0.0241. The number of imidazole rings is 1. The standard InChI is InChI=1S/C19H21N5OS/c1-19(15-3-4-16-14(11-15)5-10-26-16)12-17(25)24(18(20)22-19)8-2-7-23-9-6-21-13-23/h3-6,9-11,13H,2,7-8,12H2,1H3,(H2,20,22)/t19-/m0/s1. The molecule has 2 N–H and O–H groups in total. The van der Waals surface area contributed by atoms with E-state index in [1.54, 1.807) is 28.8 Å². The Morgan fingerprint density at radius 1 is 1.31 bits per heavy atom. The molecular weight excluding hydrogens is 346 g/mol. The fourth-order valence-corrected chi connectivity index (χ4v) is 4.18. The summed E-state index contributed by atoms with van der Waals surface area (Å²) >= 11 is 1.71. The Kier molecular flexibility index (Phi) is 4.24. The third-order valence-electron chi connectivity index (χ3n) is 4.87. The zero-order valence-corrected chi connectivity index (χ0v) is 15.4. The Labute approximate surface area is 156 Å². The van der Waals surface area contributed by atoms with E-state index in [-0.39, 0.29) is 5.91 Å². The van der Waals surface area contributed by atoms with Gasteiger partial charge in [0, 0.05) is 30.2 Å². The number of thiophene rings is 1. The summed E-state index contributed by atoms with van der Waals surface area (Å²) in [4.78, 5) is 23.1. The van der Waals surface area contributed by atoms with Crippen molar-refractivity contribution in [3.05, 3.63) is 53.9 Å². The molecular formula is C19H21N5OS. The maximum atomic E-state index is 12.7. The number of carbonyl (C=O) groups is 1. The zero-order chi connectivity index (χ0) is 18.1. The second-order valence-corrected chi connectivity index (χ2v) is 7.74. The fourth-order valence-electron chi connectivity index (χ4n) is 3.41. The summed E-state index contributed by atoms with van der Waals surface area (Å²) in [6, 6.07) is 8.35. The first-order valence-corrected chi connectivity index (χ1v) is 9.52. The van der Waals surface area contributed by atoms with Crippen LogP contribution < -0.4 is 5.73 Å². The SMILES string of the molecule is C[C@@]1(c2ccc3sccc3c2)CC(=O)N(CCCn2ccnc2)C(N)=N1. The zero-order valence-electron chi connectivity index (χ0n) is 14.6. The summed E-state index contributed by atoms with van der Waals surface area (Å²) in [7, 11) is 0. The van der Waals surface area contributed by atoms with E-state index in [0.717, 1.165) is 18.5 Å². The Morgan fingerprint density at radius 2 is 2.19 bits per heavy atom. The fraction of sp³-hybridized carbons (Fsp3) is 0.316. The Bertz CT molecular complexity index is 961. The van der Waals surface area contributed by atoms with Crippen molar-refractivity contribution in [2.24, 2.45) is 10.7 Å². The van der Waals surface area contributed by atoms with Crippen molar-refractivity contribution in [2.45, 2.75) is 31.8 Å². The minimum atomic E-state index is -0.613. The molecule has 1 aromatic carbocycles. The number of rotatable bonds is 5. The number of nitrogens with zero attached hydrogens (tertiary/aromatic N) is 4. The summed E-state index contributed by atoms with van der Waals surface area (Å²) in [5.41, 5.74) is 6.59. The second kappa shape index (κ2) is 6.57. The normalized spacial score (nSPS) is 20.6. The molecule has 4 rings (SSSR count). The van der Waals surface area contributed by atoms with Crippen molar-refractivity contribution in [3.63, 3.8) is 0 Å². The number of fused-ring (bicyclic) bond motifs is 1. The summed E-state index contributed by atoms with van der Waals surface area (Å²) in [5.74, 6) is 0.329. The van der Waals surface area contributed by atoms with Gasteiger partial charge in [-0.2, -0.15) is 0 Å². The molecule has 0 saturated carbocycles. The lowest BCUT2D eigenvalue weighted by atomic mass is 9.87. The molecule has 0 spiro atoms. The molecule has 1 amide bonds. The van der Waals surface area contributed by atoms with Crippen LogP contribution in [0.2, 0.25) is 0 Å². The van der Waals surface area contributed by atoms with Crippen LogP contribution in [0.15, 0.2) is 53.4 Å². The lowest BCUT2D eigenvalue weighted by Crippen LogP contribution is -2.50. The van der Waals surface area contributed by atoms with Gasteiger partial charge in [0.15, 0.2) is 5.96 Å². The van der Waals surface area contributed by atoms with Gasteiger partial charge in [-0.25, -0.2) is 9.98 Å². The monoisotopic (exact) mass is 367 g/mol. The van der Waals surface area contributed by atoms with Gasteiger partial charge in [0.05, 0.1) is 18.3 Å². The van der Waals surface area contributed by atoms with Gasteiger partial charge >= 0.3 is 0 Å². The van der Waals surface area contributed by atoms with Crippen molar-refractivity contribution >= 4 is 33.3 Å². The van der Waals surface area contributed by atoms with Crippen LogP contribution in [-0.4, -0.2) is 32.9 Å². The first-order chi connectivity index (χ1) is 12.5. The molecule has 2 aromatic heterocycles. The minimum Gasteiger partial charge on any atom is -0.369 e. The van der Waals surface area contributed by atoms with Gasteiger partial charge in [-0.15, -0.1) is 11.3 Å². The average molecular weight is 367 g/mol. The topological polar surface area (TPSA) is 76.5 Å². The van der Waals surface area contributed by atoms with Crippen molar-refractivity contribution in [1.82, 2.24) is 14.5 Å². The molecule has 3 aromatic rings. The number of aromatic nitrogens is 2. The lowest BCUT2D eigenvalue weighted by Gasteiger charge is -2.35. The number of aliphatic imine (C=N–C) groups is 1. The highest BCUT2D eigenvalue weighted by Gasteiger charge is 2.37. The van der Waals surface area contributed by atoms with Crippen LogP contribution in [0.5, 0.6) is 0 Å². The Morgan fingerprint density at radius 3 is 2.96 bits per heavy atom. The number of carbonyl (C=O) groups excluding carboxylic acids is 1. The quantitative estimate of drug-likeness (QED) is 0.753. The highest BCUT2D eigenvalue weighted by Crippen LogP contribution is 2.35. The van der Waals surface area contributed by atoms with Crippen LogP contribution in [0.1, 0.15) is 25.3 Å². The van der Waals surface area contributed by atoms with Gasteiger partial charge in [-0.05, 0) is 47.9 Å². The van der Waals surface area contributed by atoms with Crippen LogP contribution >= 0.6 is 11.3 Å². The number of aryl methyl sites for hydroxylation is 1. The van der Waals surface area contributed by atoms with Crippen LogP contribution in [0.25, 0.3) is 10.1 Å². The molecule has 0 fully saturated rings. The first-order valence-electron chi connectivity index (χ1n) is 8.64. The van der Waals surface area contributed by atoms with E-state index in [9.17, 15) is 4.79 Å². The molecule has 0 aliphatic carbocycles. The molecule has 134 valence electrons. The van der Waals surface area contributed by atoms with E-state index < -0.39 is 5.54 Å². The molecule has 7 heteroatoms. The maximum Gasteiger partial charge on any atom is 0.232 e. The largest absolute Gasteiger partial charge is 0.369 e. The predicted octanol–water partition coefficient (Wildman–Crippen LogP) is 2.95. The van der Waals surface area contributed by atoms with Gasteiger partial charge in [0.2, 0.25) is 5.91 Å². The van der Waals surface area contributed by atoms with E-state index in [4.69, 9.17) is 10.7 Å². The third kappa shape index (κ3) is 3.10. The molecule has 1 atom stereocenters. The predicted molar refractivity (Wildman–Crippen MR) is 104 cm³/mol. The summed E-state index contributed by atoms with van der Waals surface area (Å²) in [5, 5.41) is 3.25. The van der Waals surface area contributed by atoms with E-state index >= 15 is 0 Å². The summed E-state index contributed by atoms with van der Waals surface area (Å²) in [6.45, 7) is 3.34. The Hall–Kier alpha value is -2.67. The van der Waals surface area contributed by atoms with Gasteiger partial charge in [0.25, 0.3) is 0 Å². The van der Waals surface area contributed by atoms with E-state index in [0.29, 0.717) is 18.9 Å². The number of amides is 1. The van der Waals surface area contributed by atoms with Crippen LogP contribution in [0.4, 0.5) is 0 Å². The lowest BCUT2D eigenvalue weighted by molar-refractivity contribution is -0.129. The van der Waals surface area contributed by atoms with Crippen molar-refractivity contribution in [3.8, 4) is 0 Å². The third-order valence-corrected chi connectivity index (χ3v) is 5.76. The van der Waals surface area contributed by atoms with Crippen molar-refractivity contribution in [1.29, 1.82) is 0 Å². The van der Waals surface area contributed by atoms with E-state index in [1.807, 2.05) is 17.7 Å².